The van der Waals surface area contributed by atoms with Crippen LogP contribution in [0.25, 0.3) is 0 Å². The van der Waals surface area contributed by atoms with Crippen molar-refractivity contribution in [2.75, 3.05) is 0 Å². The largest absolute Gasteiger partial charge is 0.480 e. The molecule has 7 nitrogen and oxygen atoms in total. The van der Waals surface area contributed by atoms with Crippen molar-refractivity contribution in [1.82, 2.24) is 4.72 Å². The molecule has 0 radical (unpaired) electrons. The van der Waals surface area contributed by atoms with Gasteiger partial charge >= 0.3 is 11.9 Å². The van der Waals surface area contributed by atoms with Crippen LogP contribution in [0.1, 0.15) is 29.6 Å². The van der Waals surface area contributed by atoms with E-state index < -0.39 is 55.9 Å². The molecule has 0 saturated heterocycles. The Labute approximate surface area is 151 Å². The molecule has 0 aliphatic heterocycles. The second-order valence-corrected chi connectivity index (χ2v) is 8.22. The lowest BCUT2D eigenvalue weighted by Crippen LogP contribution is -2.43. The van der Waals surface area contributed by atoms with Crippen LogP contribution in [0.3, 0.4) is 0 Å². The second-order valence-electron chi connectivity index (χ2n) is 6.54. The quantitative estimate of drug-likeness (QED) is 0.491. The average Bonchev–Trinajstić information content (AvgIpc) is 3.35. The Balaban J connectivity index is 1.99. The highest BCUT2D eigenvalue weighted by molar-refractivity contribution is 7.89. The molecule has 3 N–H and O–H groups in total. The van der Waals surface area contributed by atoms with Gasteiger partial charge in [0.25, 0.3) is 0 Å². The van der Waals surface area contributed by atoms with Crippen molar-refractivity contribution in [1.29, 1.82) is 0 Å². The van der Waals surface area contributed by atoms with Gasteiger partial charge in [-0.25, -0.2) is 26.4 Å². The molecule has 11 heteroatoms. The number of sulfonamides is 1. The highest BCUT2D eigenvalue weighted by Gasteiger charge is 2.42. The molecule has 0 amide bonds. The van der Waals surface area contributed by atoms with Crippen LogP contribution in [-0.4, -0.2) is 36.6 Å². The molecule has 0 bridgehead atoms. The van der Waals surface area contributed by atoms with Crippen molar-refractivity contribution in [3.8, 4) is 0 Å². The summed E-state index contributed by atoms with van der Waals surface area (Å²) in [4.78, 5) is 21.0. The molecule has 0 spiro atoms. The van der Waals surface area contributed by atoms with Crippen molar-refractivity contribution in [2.45, 2.75) is 30.2 Å². The number of benzene rings is 1. The van der Waals surface area contributed by atoms with E-state index in [1.54, 1.807) is 10.8 Å². The zero-order chi connectivity index (χ0) is 20.1. The highest BCUT2D eigenvalue weighted by Crippen LogP contribution is 2.49. The lowest BCUT2D eigenvalue weighted by Gasteiger charge is -2.21. The second kappa shape index (κ2) is 6.64. The molecular weight excluding hydrogens is 391 g/mol. The standard InChI is InChI=1S/C16H14F3NO6S/c17-11-9(15(21)22)5-10(12(18)13(11)19)27(25,26)20-14(16(23)24)7-2-1-6-3-8(6)4-7/h2,5-6,8,14,20H,1,3-4H2,(H,21,22)(H,23,24)/t6?,8?,14-/m1/s1. The minimum absolute atomic E-state index is 0.115. The number of allylic oxidation sites excluding steroid dienone is 1. The fourth-order valence-electron chi connectivity index (χ4n) is 3.21. The van der Waals surface area contributed by atoms with Gasteiger partial charge in [-0.3, -0.25) is 4.79 Å². The summed E-state index contributed by atoms with van der Waals surface area (Å²) in [5.41, 5.74) is -1.11. The van der Waals surface area contributed by atoms with Crippen LogP contribution in [0.2, 0.25) is 0 Å². The van der Waals surface area contributed by atoms with Crippen molar-refractivity contribution in [3.63, 3.8) is 0 Å². The lowest BCUT2D eigenvalue weighted by atomic mass is 9.94. The van der Waals surface area contributed by atoms with E-state index in [9.17, 15) is 36.3 Å². The number of fused-ring (bicyclic) bond motifs is 1. The zero-order valence-electron chi connectivity index (χ0n) is 13.6. The number of hydrogen-bond donors (Lipinski definition) is 3. The predicted octanol–water partition coefficient (Wildman–Crippen LogP) is 1.89. The maximum Gasteiger partial charge on any atom is 0.338 e. The molecule has 3 rings (SSSR count). The van der Waals surface area contributed by atoms with E-state index in [2.05, 4.69) is 0 Å². The first-order chi connectivity index (χ1) is 12.5. The van der Waals surface area contributed by atoms with E-state index in [1.807, 2.05) is 0 Å². The molecule has 2 aliphatic carbocycles. The number of aliphatic carboxylic acids is 1. The van der Waals surface area contributed by atoms with Gasteiger partial charge in [0.05, 0.1) is 5.56 Å². The van der Waals surface area contributed by atoms with Gasteiger partial charge < -0.3 is 10.2 Å². The normalized spacial score (nSPS) is 22.6. The Morgan fingerprint density at radius 3 is 2.33 bits per heavy atom. The van der Waals surface area contributed by atoms with Crippen molar-refractivity contribution in [3.05, 3.63) is 40.7 Å². The summed E-state index contributed by atoms with van der Waals surface area (Å²) < 4.78 is 67.7. The number of nitrogens with one attached hydrogen (secondary N) is 1. The molecule has 0 aromatic heterocycles. The third kappa shape index (κ3) is 3.56. The van der Waals surface area contributed by atoms with Gasteiger partial charge in [-0.15, -0.1) is 0 Å². The molecule has 1 saturated carbocycles. The van der Waals surface area contributed by atoms with Crippen molar-refractivity contribution in [2.24, 2.45) is 11.8 Å². The first kappa shape index (κ1) is 19.4. The third-order valence-corrected chi connectivity index (χ3v) is 6.20. The number of rotatable bonds is 6. The fraction of sp³-hybridized carbons (Fsp3) is 0.375. The van der Waals surface area contributed by atoms with Gasteiger partial charge in [-0.2, -0.15) is 4.72 Å². The number of carboxylic acids is 2. The molecular formula is C16H14F3NO6S. The minimum atomic E-state index is -5.00. The number of carboxylic acid groups (broad SMARTS) is 2. The smallest absolute Gasteiger partial charge is 0.338 e. The van der Waals surface area contributed by atoms with E-state index in [-0.39, 0.29) is 17.6 Å². The maximum atomic E-state index is 14.0. The van der Waals surface area contributed by atoms with Gasteiger partial charge in [-0.05, 0) is 42.7 Å². The summed E-state index contributed by atoms with van der Waals surface area (Å²) in [6.07, 6.45) is 3.44. The number of halogens is 3. The predicted molar refractivity (Wildman–Crippen MR) is 83.9 cm³/mol. The molecule has 1 aromatic carbocycles. The number of aromatic carboxylic acids is 1. The Bertz CT molecular complexity index is 975. The SMILES string of the molecule is O=C(O)c1cc(S(=O)(=O)N[C@@H](C(=O)O)C2=CCC3CC3C2)c(F)c(F)c1F. The van der Waals surface area contributed by atoms with Crippen LogP contribution < -0.4 is 4.72 Å². The van der Waals surface area contributed by atoms with Gasteiger partial charge in [0, 0.05) is 0 Å². The van der Waals surface area contributed by atoms with E-state index in [0.717, 1.165) is 6.42 Å². The van der Waals surface area contributed by atoms with E-state index in [0.29, 0.717) is 18.8 Å². The molecule has 1 fully saturated rings. The first-order valence-electron chi connectivity index (χ1n) is 7.87. The van der Waals surface area contributed by atoms with Crippen LogP contribution in [-0.2, 0) is 14.8 Å². The minimum Gasteiger partial charge on any atom is -0.480 e. The lowest BCUT2D eigenvalue weighted by molar-refractivity contribution is -0.138. The van der Waals surface area contributed by atoms with Gasteiger partial charge in [0.1, 0.15) is 10.9 Å². The van der Waals surface area contributed by atoms with Crippen molar-refractivity contribution < 1.29 is 41.4 Å². The summed E-state index contributed by atoms with van der Waals surface area (Å²) in [5, 5.41) is 18.2. The van der Waals surface area contributed by atoms with Crippen LogP contribution in [0.4, 0.5) is 13.2 Å². The summed E-state index contributed by atoms with van der Waals surface area (Å²) >= 11 is 0. The Kier molecular flexibility index (Phi) is 4.76. The molecule has 2 aliphatic rings. The van der Waals surface area contributed by atoms with Crippen LogP contribution in [0, 0.1) is 29.3 Å². The Hall–Kier alpha value is -2.40. The third-order valence-electron chi connectivity index (χ3n) is 4.77. The Morgan fingerprint density at radius 2 is 1.78 bits per heavy atom. The number of hydrogen-bond acceptors (Lipinski definition) is 4. The summed E-state index contributed by atoms with van der Waals surface area (Å²) in [5.74, 6) is -9.31. The molecule has 27 heavy (non-hydrogen) atoms. The monoisotopic (exact) mass is 405 g/mol. The van der Waals surface area contributed by atoms with E-state index in [1.165, 1.54) is 0 Å². The zero-order valence-corrected chi connectivity index (χ0v) is 14.4. The Morgan fingerprint density at radius 1 is 1.11 bits per heavy atom. The number of carbonyl (C=O) groups is 2. The molecule has 2 unspecified atom stereocenters. The van der Waals surface area contributed by atoms with E-state index >= 15 is 0 Å². The maximum absolute atomic E-state index is 14.0. The van der Waals surface area contributed by atoms with Crippen LogP contribution in [0.5, 0.6) is 0 Å². The first-order valence-corrected chi connectivity index (χ1v) is 9.36. The summed E-state index contributed by atoms with van der Waals surface area (Å²) in [6.45, 7) is 0. The van der Waals surface area contributed by atoms with E-state index in [4.69, 9.17) is 5.11 Å². The van der Waals surface area contributed by atoms with Gasteiger partial charge in [0.2, 0.25) is 10.0 Å². The summed E-state index contributed by atoms with van der Waals surface area (Å²) in [6, 6.07) is -1.61. The van der Waals surface area contributed by atoms with Crippen molar-refractivity contribution >= 4 is 22.0 Å². The van der Waals surface area contributed by atoms with Crippen LogP contribution in [0.15, 0.2) is 22.6 Å². The molecule has 3 atom stereocenters. The van der Waals surface area contributed by atoms with Gasteiger partial charge in [0.15, 0.2) is 17.5 Å². The average molecular weight is 405 g/mol. The topological polar surface area (TPSA) is 121 Å². The summed E-state index contributed by atoms with van der Waals surface area (Å²) in [7, 11) is -5.00. The van der Waals surface area contributed by atoms with Crippen LogP contribution >= 0.6 is 0 Å². The van der Waals surface area contributed by atoms with Gasteiger partial charge in [-0.1, -0.05) is 6.08 Å². The fourth-order valence-corrected chi connectivity index (χ4v) is 4.50. The molecule has 0 heterocycles. The molecule has 1 aromatic rings. The molecule has 146 valence electrons. The highest BCUT2D eigenvalue weighted by atomic mass is 32.2.